The highest BCUT2D eigenvalue weighted by atomic mass is 16.2. The molecule has 128 valence electrons. The van der Waals surface area contributed by atoms with Crippen molar-refractivity contribution in [3.05, 3.63) is 53.3 Å². The monoisotopic (exact) mass is 326 g/mol. The zero-order valence-corrected chi connectivity index (χ0v) is 14.8. The fourth-order valence-corrected chi connectivity index (χ4v) is 3.43. The van der Waals surface area contributed by atoms with Crippen LogP contribution in [0.25, 0.3) is 0 Å². The van der Waals surface area contributed by atoms with Gasteiger partial charge in [0.15, 0.2) is 0 Å². The zero-order valence-electron chi connectivity index (χ0n) is 14.8. The van der Waals surface area contributed by atoms with Crippen LogP contribution in [0.2, 0.25) is 0 Å². The third-order valence-corrected chi connectivity index (χ3v) is 4.58. The number of aromatic nitrogens is 2. The highest BCUT2D eigenvalue weighted by Gasteiger charge is 2.29. The molecule has 5 nitrogen and oxygen atoms in total. The van der Waals surface area contributed by atoms with E-state index in [1.165, 1.54) is 17.5 Å². The number of amides is 1. The molecule has 1 amide bonds. The van der Waals surface area contributed by atoms with Crippen LogP contribution in [0.1, 0.15) is 46.8 Å². The Morgan fingerprint density at radius 3 is 2.62 bits per heavy atom. The van der Waals surface area contributed by atoms with Gasteiger partial charge in [0.2, 0.25) is 0 Å². The molecule has 1 fully saturated rings. The first-order chi connectivity index (χ1) is 11.5. The lowest BCUT2D eigenvalue weighted by Crippen LogP contribution is -2.38. The van der Waals surface area contributed by atoms with Crippen LogP contribution in [-0.4, -0.2) is 46.1 Å². The highest BCUT2D eigenvalue weighted by Crippen LogP contribution is 2.32. The third-order valence-electron chi connectivity index (χ3n) is 4.58. The Bertz CT molecular complexity index is 690. The van der Waals surface area contributed by atoms with E-state index < -0.39 is 0 Å². The average molecular weight is 326 g/mol. The number of carbonyl (C=O) groups excluding carboxylic acids is 1. The third kappa shape index (κ3) is 3.67. The molecule has 0 aliphatic carbocycles. The van der Waals surface area contributed by atoms with Crippen molar-refractivity contribution in [2.45, 2.75) is 31.8 Å². The summed E-state index contributed by atoms with van der Waals surface area (Å²) in [5, 5.41) is 4.13. The molecule has 5 heteroatoms. The maximum absolute atomic E-state index is 12.9. The lowest BCUT2D eigenvalue weighted by Gasteiger charge is -2.36. The van der Waals surface area contributed by atoms with Gasteiger partial charge in [-0.15, -0.1) is 0 Å². The second-order valence-corrected chi connectivity index (χ2v) is 6.89. The quantitative estimate of drug-likeness (QED) is 0.867. The van der Waals surface area contributed by atoms with E-state index in [9.17, 15) is 4.79 Å². The Kier molecular flexibility index (Phi) is 5.00. The summed E-state index contributed by atoms with van der Waals surface area (Å²) in [5.41, 5.74) is 3.20. The number of benzene rings is 1. The summed E-state index contributed by atoms with van der Waals surface area (Å²) >= 11 is 0. The summed E-state index contributed by atoms with van der Waals surface area (Å²) in [6.07, 6.45) is 6.73. The van der Waals surface area contributed by atoms with Crippen LogP contribution >= 0.6 is 0 Å². The maximum Gasteiger partial charge on any atom is 0.257 e. The minimum atomic E-state index is 0.0881. The van der Waals surface area contributed by atoms with E-state index in [0.29, 0.717) is 5.56 Å². The summed E-state index contributed by atoms with van der Waals surface area (Å²) in [6.45, 7) is 1.75. The molecule has 3 rings (SSSR count). The van der Waals surface area contributed by atoms with Crippen LogP contribution < -0.4 is 0 Å². The number of hydrogen-bond acceptors (Lipinski definition) is 3. The molecule has 24 heavy (non-hydrogen) atoms. The molecule has 0 spiro atoms. The van der Waals surface area contributed by atoms with Crippen LogP contribution in [0, 0.1) is 0 Å². The van der Waals surface area contributed by atoms with E-state index in [4.69, 9.17) is 0 Å². The van der Waals surface area contributed by atoms with Gasteiger partial charge in [0, 0.05) is 26.3 Å². The van der Waals surface area contributed by atoms with Gasteiger partial charge < -0.3 is 9.80 Å². The number of rotatable bonds is 4. The average Bonchev–Trinajstić information content (AvgIpc) is 3.01. The standard InChI is InChI=1S/C19H26N4O/c1-21(2)13-15-7-9-16(10-8-15)18-6-4-5-11-23(18)19(24)17-12-20-22(3)14-17/h7-10,12,14,18H,4-6,11,13H2,1-3H3/t18-/m1/s1. The van der Waals surface area contributed by atoms with E-state index in [-0.39, 0.29) is 11.9 Å². The lowest BCUT2D eigenvalue weighted by atomic mass is 9.94. The Balaban J connectivity index is 1.80. The summed E-state index contributed by atoms with van der Waals surface area (Å²) in [6, 6.07) is 8.88. The van der Waals surface area contributed by atoms with Crippen LogP contribution in [0.4, 0.5) is 0 Å². The summed E-state index contributed by atoms with van der Waals surface area (Å²) in [7, 11) is 5.99. The molecule has 1 aromatic heterocycles. The molecule has 1 aliphatic rings. The van der Waals surface area contributed by atoms with Gasteiger partial charge in [-0.2, -0.15) is 5.10 Å². The van der Waals surface area contributed by atoms with E-state index in [2.05, 4.69) is 48.4 Å². The van der Waals surface area contributed by atoms with Gasteiger partial charge in [0.1, 0.15) is 0 Å². The topological polar surface area (TPSA) is 41.4 Å². The lowest BCUT2D eigenvalue weighted by molar-refractivity contribution is 0.0611. The minimum absolute atomic E-state index is 0.0881. The molecule has 1 aromatic carbocycles. The van der Waals surface area contributed by atoms with E-state index >= 15 is 0 Å². The molecule has 1 aliphatic heterocycles. The fourth-order valence-electron chi connectivity index (χ4n) is 3.43. The largest absolute Gasteiger partial charge is 0.332 e. The zero-order chi connectivity index (χ0) is 17.1. The number of likely N-dealkylation sites (tertiary alicyclic amines) is 1. The molecule has 0 N–H and O–H groups in total. The number of nitrogens with zero attached hydrogens (tertiary/aromatic N) is 4. The van der Waals surface area contributed by atoms with Crippen molar-refractivity contribution in [3.63, 3.8) is 0 Å². The predicted octanol–water partition coefficient (Wildman–Crippen LogP) is 2.85. The van der Waals surface area contributed by atoms with Crippen molar-refractivity contribution in [3.8, 4) is 0 Å². The fraction of sp³-hybridized carbons (Fsp3) is 0.474. The van der Waals surface area contributed by atoms with Crippen molar-refractivity contribution in [2.24, 2.45) is 7.05 Å². The number of carbonyl (C=O) groups is 1. The van der Waals surface area contributed by atoms with Crippen LogP contribution in [0.15, 0.2) is 36.7 Å². The van der Waals surface area contributed by atoms with Crippen molar-refractivity contribution < 1.29 is 4.79 Å². The summed E-state index contributed by atoms with van der Waals surface area (Å²) < 4.78 is 1.68. The van der Waals surface area contributed by atoms with Crippen molar-refractivity contribution >= 4 is 5.91 Å². The Morgan fingerprint density at radius 2 is 2.00 bits per heavy atom. The van der Waals surface area contributed by atoms with Gasteiger partial charge in [0.05, 0.1) is 17.8 Å². The Labute approximate surface area is 143 Å². The number of aryl methyl sites for hydroxylation is 1. The molecule has 2 heterocycles. The summed E-state index contributed by atoms with van der Waals surface area (Å²) in [5.74, 6) is 0.0881. The SMILES string of the molecule is CN(C)Cc1ccc([C@H]2CCCCN2C(=O)c2cnn(C)c2)cc1. The molecule has 1 atom stereocenters. The van der Waals surface area contributed by atoms with Gasteiger partial charge in [-0.1, -0.05) is 24.3 Å². The van der Waals surface area contributed by atoms with Crippen LogP contribution in [-0.2, 0) is 13.6 Å². The molecule has 0 radical (unpaired) electrons. The second kappa shape index (κ2) is 7.18. The maximum atomic E-state index is 12.9. The molecule has 2 aromatic rings. The van der Waals surface area contributed by atoms with E-state index in [1.807, 2.05) is 11.9 Å². The van der Waals surface area contributed by atoms with E-state index in [0.717, 1.165) is 25.9 Å². The van der Waals surface area contributed by atoms with Crippen LogP contribution in [0.5, 0.6) is 0 Å². The Hall–Kier alpha value is -2.14. The van der Waals surface area contributed by atoms with Crippen molar-refractivity contribution in [2.75, 3.05) is 20.6 Å². The van der Waals surface area contributed by atoms with Crippen molar-refractivity contribution in [1.29, 1.82) is 0 Å². The van der Waals surface area contributed by atoms with Gasteiger partial charge in [-0.05, 0) is 44.5 Å². The first kappa shape index (κ1) is 16.7. The molecular formula is C19H26N4O. The van der Waals surface area contributed by atoms with Gasteiger partial charge in [-0.25, -0.2) is 0 Å². The first-order valence-corrected chi connectivity index (χ1v) is 8.58. The molecule has 0 saturated carbocycles. The van der Waals surface area contributed by atoms with Gasteiger partial charge in [0.25, 0.3) is 5.91 Å². The first-order valence-electron chi connectivity index (χ1n) is 8.58. The molecular weight excluding hydrogens is 300 g/mol. The van der Waals surface area contributed by atoms with Gasteiger partial charge >= 0.3 is 0 Å². The smallest absolute Gasteiger partial charge is 0.257 e. The number of piperidine rings is 1. The Morgan fingerprint density at radius 1 is 1.25 bits per heavy atom. The van der Waals surface area contributed by atoms with Crippen LogP contribution in [0.3, 0.4) is 0 Å². The molecule has 0 unspecified atom stereocenters. The highest BCUT2D eigenvalue weighted by molar-refractivity contribution is 5.94. The summed E-state index contributed by atoms with van der Waals surface area (Å²) in [4.78, 5) is 17.1. The molecule has 1 saturated heterocycles. The normalized spacial score (nSPS) is 18.2. The molecule has 0 bridgehead atoms. The predicted molar refractivity (Wildman–Crippen MR) is 94.7 cm³/mol. The van der Waals surface area contributed by atoms with E-state index in [1.54, 1.807) is 17.1 Å². The van der Waals surface area contributed by atoms with Gasteiger partial charge in [-0.3, -0.25) is 9.48 Å². The number of hydrogen-bond donors (Lipinski definition) is 0. The van der Waals surface area contributed by atoms with Crippen molar-refractivity contribution in [1.82, 2.24) is 19.6 Å². The second-order valence-electron chi connectivity index (χ2n) is 6.89. The minimum Gasteiger partial charge on any atom is -0.332 e.